The lowest BCUT2D eigenvalue weighted by molar-refractivity contribution is -0.127. The van der Waals surface area contributed by atoms with Crippen LogP contribution in [-0.2, 0) is 4.79 Å². The lowest BCUT2D eigenvalue weighted by Gasteiger charge is -2.38. The molecule has 0 radical (unpaired) electrons. The molecule has 0 aliphatic carbocycles. The molecule has 30 heavy (non-hydrogen) atoms. The smallest absolute Gasteiger partial charge is 0.247 e. The maximum absolute atomic E-state index is 12.0. The number of phenolic OH excluding ortho intramolecular Hbond substituents is 1. The van der Waals surface area contributed by atoms with E-state index in [9.17, 15) is 15.2 Å². The molecule has 2 heterocycles. The van der Waals surface area contributed by atoms with Gasteiger partial charge < -0.3 is 14.9 Å². The fourth-order valence-corrected chi connectivity index (χ4v) is 3.96. The lowest BCUT2D eigenvalue weighted by Crippen LogP contribution is -2.54. The second-order valence-corrected chi connectivity index (χ2v) is 7.30. The van der Waals surface area contributed by atoms with E-state index in [-0.39, 0.29) is 11.7 Å². The largest absolute Gasteiger partial charge is 0.507 e. The van der Waals surface area contributed by atoms with Gasteiger partial charge in [0.15, 0.2) is 0 Å². The van der Waals surface area contributed by atoms with Crippen molar-refractivity contribution in [2.45, 2.75) is 6.04 Å². The molecule has 3 aromatic rings. The van der Waals surface area contributed by atoms with Crippen LogP contribution in [0.2, 0.25) is 5.02 Å². The summed E-state index contributed by atoms with van der Waals surface area (Å²) in [6.07, 6.45) is 2.68. The average Bonchev–Trinajstić information content (AvgIpc) is 2.78. The van der Waals surface area contributed by atoms with Crippen molar-refractivity contribution in [3.63, 3.8) is 0 Å². The van der Waals surface area contributed by atoms with E-state index in [0.29, 0.717) is 47.1 Å². The topological polar surface area (TPSA) is 93.3 Å². The van der Waals surface area contributed by atoms with Crippen molar-refractivity contribution in [2.75, 3.05) is 24.5 Å². The standard InChI is InChI=1S/C22H18ClN5O2/c1-2-21(30)28-8-7-27(12-14(28)11-24)22-17-9-18(23)16(10-19(17)25-13-26-22)15-5-3-4-6-20(15)29/h2-6,9-10,13-14,29H,1,7-8,12H2. The summed E-state index contributed by atoms with van der Waals surface area (Å²) in [4.78, 5) is 24.3. The van der Waals surface area contributed by atoms with E-state index in [1.54, 1.807) is 24.3 Å². The third-order valence-corrected chi connectivity index (χ3v) is 5.50. The van der Waals surface area contributed by atoms with Gasteiger partial charge in [-0.2, -0.15) is 5.26 Å². The van der Waals surface area contributed by atoms with Gasteiger partial charge in [-0.3, -0.25) is 4.79 Å². The van der Waals surface area contributed by atoms with Crippen LogP contribution in [0.15, 0.2) is 55.4 Å². The number of hydrogen-bond donors (Lipinski definition) is 1. The van der Waals surface area contributed by atoms with Crippen LogP contribution < -0.4 is 4.90 Å². The summed E-state index contributed by atoms with van der Waals surface area (Å²) in [5.41, 5.74) is 1.95. The maximum atomic E-state index is 12.0. The number of hydrogen-bond acceptors (Lipinski definition) is 6. The van der Waals surface area contributed by atoms with Gasteiger partial charge in [0, 0.05) is 34.6 Å². The monoisotopic (exact) mass is 419 g/mol. The van der Waals surface area contributed by atoms with Gasteiger partial charge in [-0.1, -0.05) is 36.4 Å². The Labute approximate surface area is 178 Å². The van der Waals surface area contributed by atoms with E-state index in [2.05, 4.69) is 22.6 Å². The molecule has 1 fully saturated rings. The highest BCUT2D eigenvalue weighted by Gasteiger charge is 2.30. The number of carbonyl (C=O) groups is 1. The van der Waals surface area contributed by atoms with Gasteiger partial charge in [0.25, 0.3) is 0 Å². The summed E-state index contributed by atoms with van der Waals surface area (Å²) in [6.45, 7) is 4.73. The fraction of sp³-hybridized carbons (Fsp3) is 0.182. The van der Waals surface area contributed by atoms with E-state index >= 15 is 0 Å². The van der Waals surface area contributed by atoms with Gasteiger partial charge in [-0.25, -0.2) is 9.97 Å². The Hall–Kier alpha value is -3.63. The Morgan fingerprint density at radius 3 is 2.80 bits per heavy atom. The van der Waals surface area contributed by atoms with Crippen molar-refractivity contribution < 1.29 is 9.90 Å². The van der Waals surface area contributed by atoms with Crippen LogP contribution in [0.4, 0.5) is 5.82 Å². The molecule has 7 nitrogen and oxygen atoms in total. The number of amides is 1. The Morgan fingerprint density at radius 2 is 2.07 bits per heavy atom. The number of aromatic hydroxyl groups is 1. The Morgan fingerprint density at radius 1 is 1.27 bits per heavy atom. The molecule has 1 unspecified atom stereocenters. The summed E-state index contributed by atoms with van der Waals surface area (Å²) in [7, 11) is 0. The number of benzene rings is 2. The number of halogens is 1. The van der Waals surface area contributed by atoms with Gasteiger partial charge in [-0.15, -0.1) is 0 Å². The van der Waals surface area contributed by atoms with Gasteiger partial charge in [0.05, 0.1) is 18.1 Å². The number of aromatic nitrogens is 2. The molecule has 0 spiro atoms. The van der Waals surface area contributed by atoms with E-state index in [4.69, 9.17) is 11.6 Å². The normalized spacial score (nSPS) is 16.3. The van der Waals surface area contributed by atoms with Crippen molar-refractivity contribution in [2.24, 2.45) is 0 Å². The third-order valence-electron chi connectivity index (χ3n) is 5.18. The minimum atomic E-state index is -0.606. The minimum Gasteiger partial charge on any atom is -0.507 e. The molecule has 1 saturated heterocycles. The molecule has 1 aliphatic rings. The number of nitrogens with zero attached hydrogens (tertiary/aromatic N) is 5. The quantitative estimate of drug-likeness (QED) is 0.654. The Kier molecular flexibility index (Phi) is 5.25. The van der Waals surface area contributed by atoms with Gasteiger partial charge in [-0.05, 0) is 24.3 Å². The SMILES string of the molecule is C=CC(=O)N1CCN(c2ncnc3cc(-c4ccccc4O)c(Cl)cc23)CC1C#N. The lowest BCUT2D eigenvalue weighted by atomic mass is 10.0. The zero-order valence-corrected chi connectivity index (χ0v) is 16.8. The minimum absolute atomic E-state index is 0.132. The van der Waals surface area contributed by atoms with Crippen molar-refractivity contribution >= 4 is 34.2 Å². The van der Waals surface area contributed by atoms with Gasteiger partial charge in [0.1, 0.15) is 23.9 Å². The van der Waals surface area contributed by atoms with E-state index in [1.165, 1.54) is 17.3 Å². The molecule has 8 heteroatoms. The molecule has 150 valence electrons. The van der Waals surface area contributed by atoms with Crippen molar-refractivity contribution in [1.29, 1.82) is 5.26 Å². The number of carbonyl (C=O) groups excluding carboxylic acids is 1. The first-order chi connectivity index (χ1) is 14.5. The number of anilines is 1. The predicted octanol–water partition coefficient (Wildman–Crippen LogP) is 3.38. The Bertz CT molecular complexity index is 1190. The van der Waals surface area contributed by atoms with Crippen LogP contribution in [0.1, 0.15) is 0 Å². The molecular formula is C22H18ClN5O2. The highest BCUT2D eigenvalue weighted by Crippen LogP contribution is 2.38. The van der Waals surface area contributed by atoms with Crippen molar-refractivity contribution in [1.82, 2.24) is 14.9 Å². The van der Waals surface area contributed by atoms with Crippen LogP contribution in [0, 0.1) is 11.3 Å². The summed E-state index contributed by atoms with van der Waals surface area (Å²) >= 11 is 6.56. The number of nitriles is 1. The number of rotatable bonds is 3. The van der Waals surface area contributed by atoms with Crippen LogP contribution in [0.5, 0.6) is 5.75 Å². The summed E-state index contributed by atoms with van der Waals surface area (Å²) in [5, 5.41) is 20.9. The predicted molar refractivity (Wildman–Crippen MR) is 115 cm³/mol. The fourth-order valence-electron chi connectivity index (χ4n) is 3.69. The van der Waals surface area contributed by atoms with Crippen molar-refractivity contribution in [3.05, 3.63) is 60.4 Å². The van der Waals surface area contributed by atoms with E-state index in [1.807, 2.05) is 17.0 Å². The number of phenols is 1. The van der Waals surface area contributed by atoms with Crippen LogP contribution >= 0.6 is 11.6 Å². The highest BCUT2D eigenvalue weighted by molar-refractivity contribution is 6.34. The molecule has 2 aromatic carbocycles. The van der Waals surface area contributed by atoms with Crippen LogP contribution in [-0.4, -0.2) is 51.6 Å². The summed E-state index contributed by atoms with van der Waals surface area (Å²) in [6, 6.07) is 12.1. The van der Waals surface area contributed by atoms with Gasteiger partial charge in [0.2, 0.25) is 5.91 Å². The summed E-state index contributed by atoms with van der Waals surface area (Å²) in [5.74, 6) is 0.522. The molecule has 1 aliphatic heterocycles. The highest BCUT2D eigenvalue weighted by atomic mass is 35.5. The van der Waals surface area contributed by atoms with E-state index < -0.39 is 6.04 Å². The zero-order chi connectivity index (χ0) is 21.3. The first kappa shape index (κ1) is 19.7. The van der Waals surface area contributed by atoms with Crippen LogP contribution in [0.25, 0.3) is 22.0 Å². The number of piperazine rings is 1. The molecule has 0 saturated carbocycles. The first-order valence-electron chi connectivity index (χ1n) is 9.33. The number of para-hydroxylation sites is 1. The third kappa shape index (κ3) is 3.42. The number of fused-ring (bicyclic) bond motifs is 1. The molecule has 4 rings (SSSR count). The second kappa shape index (κ2) is 8.01. The zero-order valence-electron chi connectivity index (χ0n) is 16.0. The maximum Gasteiger partial charge on any atom is 0.247 e. The van der Waals surface area contributed by atoms with E-state index in [0.717, 1.165) is 5.39 Å². The molecular weight excluding hydrogens is 402 g/mol. The average molecular weight is 420 g/mol. The van der Waals surface area contributed by atoms with Crippen LogP contribution in [0.3, 0.4) is 0 Å². The Balaban J connectivity index is 1.74. The van der Waals surface area contributed by atoms with Crippen molar-refractivity contribution in [3.8, 4) is 22.9 Å². The molecule has 1 amide bonds. The van der Waals surface area contributed by atoms with Gasteiger partial charge >= 0.3 is 0 Å². The first-order valence-corrected chi connectivity index (χ1v) is 9.71. The molecule has 1 N–H and O–H groups in total. The molecule has 1 aromatic heterocycles. The summed E-state index contributed by atoms with van der Waals surface area (Å²) < 4.78 is 0. The second-order valence-electron chi connectivity index (χ2n) is 6.89. The molecule has 1 atom stereocenters. The molecule has 0 bridgehead atoms.